The number of carbonyl (C=O) groups excluding carboxylic acids is 5. The molecule has 0 bridgehead atoms. The number of hydrogen-bond acceptors (Lipinski definition) is 13. The first-order valence-corrected chi connectivity index (χ1v) is 19.0. The van der Waals surface area contributed by atoms with Crippen molar-refractivity contribution in [2.24, 2.45) is 4.99 Å². The number of benzene rings is 3. The molecule has 1 atom stereocenters. The molecule has 3 aromatic carbocycles. The molecule has 4 rings (SSSR count). The number of methoxy groups -OCH3 is 1. The van der Waals surface area contributed by atoms with E-state index in [1.165, 1.54) is 20.1 Å². The third-order valence-electron chi connectivity index (χ3n) is 8.90. The van der Waals surface area contributed by atoms with Crippen LogP contribution in [0.1, 0.15) is 79.2 Å². The van der Waals surface area contributed by atoms with E-state index in [0.29, 0.717) is 84.9 Å². The van der Waals surface area contributed by atoms with E-state index in [0.717, 1.165) is 12.2 Å². The lowest BCUT2D eigenvalue weighted by Gasteiger charge is -2.28. The van der Waals surface area contributed by atoms with Crippen LogP contribution in [0.2, 0.25) is 0 Å². The topological polar surface area (TPSA) is 162 Å². The van der Waals surface area contributed by atoms with E-state index in [4.69, 9.17) is 38.2 Å². The average molecular weight is 808 g/mol. The first kappa shape index (κ1) is 45.1. The predicted octanol–water partition coefficient (Wildman–Crippen LogP) is 8.22. The summed E-state index contributed by atoms with van der Waals surface area (Å²) in [6.45, 7) is 13.2. The zero-order valence-electron chi connectivity index (χ0n) is 33.8. The Morgan fingerprint density at radius 2 is 1.36 bits per heavy atom. The number of ketones is 1. The molecule has 0 N–H and O–H groups in total. The second-order valence-electron chi connectivity index (χ2n) is 13.5. The van der Waals surface area contributed by atoms with Crippen molar-refractivity contribution in [3.05, 3.63) is 126 Å². The highest BCUT2D eigenvalue weighted by Crippen LogP contribution is 2.32. The van der Waals surface area contributed by atoms with Gasteiger partial charge in [-0.25, -0.2) is 19.2 Å². The van der Waals surface area contributed by atoms with Crippen molar-refractivity contribution in [3.63, 3.8) is 0 Å². The summed E-state index contributed by atoms with van der Waals surface area (Å²) in [5, 5.41) is 0. The lowest BCUT2D eigenvalue weighted by Crippen LogP contribution is -2.29. The van der Waals surface area contributed by atoms with Crippen molar-refractivity contribution in [2.45, 2.75) is 58.5 Å². The summed E-state index contributed by atoms with van der Waals surface area (Å²) in [4.78, 5) is 65.7. The van der Waals surface area contributed by atoms with Gasteiger partial charge < -0.3 is 33.2 Å². The Kier molecular flexibility index (Phi) is 17.1. The fraction of sp³-hybridized carbons (Fsp3) is 0.304. The van der Waals surface area contributed by atoms with Crippen LogP contribution in [0.15, 0.2) is 115 Å². The number of unbranched alkanes of at least 4 members (excludes halogenated alkanes) is 2. The molecule has 3 aromatic rings. The minimum atomic E-state index is -0.603. The molecule has 0 saturated heterocycles. The zero-order valence-corrected chi connectivity index (χ0v) is 33.8. The van der Waals surface area contributed by atoms with Crippen LogP contribution in [-0.2, 0) is 28.6 Å². The van der Waals surface area contributed by atoms with Crippen LogP contribution in [0, 0.1) is 0 Å². The van der Waals surface area contributed by atoms with E-state index < -0.39 is 29.5 Å². The zero-order chi connectivity index (χ0) is 42.8. The van der Waals surface area contributed by atoms with E-state index in [2.05, 4.69) is 13.2 Å². The van der Waals surface area contributed by atoms with Crippen LogP contribution in [0.5, 0.6) is 23.0 Å². The Bertz CT molecular complexity index is 2110. The summed E-state index contributed by atoms with van der Waals surface area (Å²) >= 11 is 0. The number of Topliss-reactive ketones (excluding diaryl/α,β-unsaturated/α-hetero) is 1. The molecular formula is C46H49NO12. The first-order chi connectivity index (χ1) is 28.3. The number of rotatable bonds is 22. The van der Waals surface area contributed by atoms with Gasteiger partial charge in [0.1, 0.15) is 11.5 Å². The van der Waals surface area contributed by atoms with Gasteiger partial charge in [0.2, 0.25) is 0 Å². The van der Waals surface area contributed by atoms with E-state index in [1.807, 2.05) is 13.0 Å². The molecular weight excluding hydrogens is 759 g/mol. The molecule has 1 unspecified atom stereocenters. The third-order valence-corrected chi connectivity index (χ3v) is 8.90. The van der Waals surface area contributed by atoms with E-state index in [9.17, 15) is 24.0 Å². The average Bonchev–Trinajstić information content (AvgIpc) is 3.23. The number of ether oxygens (including phenoxy) is 7. The standard InChI is InChI=1S/C46H49NO12/c1-7-42(49)55-26-10-9-25-54-36-16-13-33(14-17-36)45(52)59-40-20-15-35(29-41(40)53-6)31(3)47-39-19-18-37(30-38(39)32(4)48)58-44(51)34-21-23-46(5,24-22-34)57-28-12-11-27-56-43(50)8-2/h7-8,13-23,29-30H,1-2,9-12,24-28H2,3-6H3. The fourth-order valence-corrected chi connectivity index (χ4v) is 5.53. The van der Waals surface area contributed by atoms with E-state index in [-0.39, 0.29) is 36.1 Å². The van der Waals surface area contributed by atoms with Crippen molar-refractivity contribution in [3.8, 4) is 23.0 Å². The number of hydrogen-bond donors (Lipinski definition) is 0. The van der Waals surface area contributed by atoms with Crippen LogP contribution in [-0.4, -0.2) is 74.5 Å². The smallest absolute Gasteiger partial charge is 0.343 e. The lowest BCUT2D eigenvalue weighted by molar-refractivity contribution is -0.138. The van der Waals surface area contributed by atoms with E-state index >= 15 is 0 Å². The summed E-state index contributed by atoms with van der Waals surface area (Å²) in [6.07, 6.45) is 10.6. The summed E-state index contributed by atoms with van der Waals surface area (Å²) in [6, 6.07) is 16.1. The summed E-state index contributed by atoms with van der Waals surface area (Å²) in [5.41, 5.74) is 1.87. The molecule has 59 heavy (non-hydrogen) atoms. The molecule has 0 amide bonds. The van der Waals surface area contributed by atoms with Crippen molar-refractivity contribution in [1.29, 1.82) is 0 Å². The molecule has 0 spiro atoms. The number of carbonyl (C=O) groups is 5. The maximum Gasteiger partial charge on any atom is 0.343 e. The SMILES string of the molecule is C=CC(=O)OCCCCOc1ccc(C(=O)Oc2ccc(C(C)=Nc3ccc(OC(=O)C4=CCC(C)(OCCCCOC(=O)C=C)C=C4)cc3C(C)=O)cc2OC)cc1. The van der Waals surface area contributed by atoms with Crippen LogP contribution in [0.3, 0.4) is 0 Å². The molecule has 0 aliphatic heterocycles. The summed E-state index contributed by atoms with van der Waals surface area (Å²) < 4.78 is 38.4. The molecule has 0 saturated carbocycles. The summed E-state index contributed by atoms with van der Waals surface area (Å²) in [7, 11) is 1.45. The molecule has 0 aromatic heterocycles. The van der Waals surface area contributed by atoms with Gasteiger partial charge in [-0.1, -0.05) is 25.3 Å². The van der Waals surface area contributed by atoms with Gasteiger partial charge in [-0.3, -0.25) is 9.79 Å². The molecule has 13 nitrogen and oxygen atoms in total. The molecule has 0 heterocycles. The largest absolute Gasteiger partial charge is 0.494 e. The maximum absolute atomic E-state index is 13.0. The van der Waals surface area contributed by atoms with Crippen molar-refractivity contribution < 1.29 is 57.1 Å². The van der Waals surface area contributed by atoms with Gasteiger partial charge in [0.05, 0.1) is 49.4 Å². The molecule has 310 valence electrons. The number of nitrogens with zero attached hydrogens (tertiary/aromatic N) is 1. The van der Waals surface area contributed by atoms with Gasteiger partial charge in [0.15, 0.2) is 17.3 Å². The molecule has 1 aliphatic carbocycles. The Labute approximate surface area is 343 Å². The first-order valence-electron chi connectivity index (χ1n) is 19.0. The minimum Gasteiger partial charge on any atom is -0.494 e. The minimum absolute atomic E-state index is 0.184. The highest BCUT2D eigenvalue weighted by molar-refractivity contribution is 6.05. The van der Waals surface area contributed by atoms with Crippen LogP contribution < -0.4 is 18.9 Å². The van der Waals surface area contributed by atoms with Crippen molar-refractivity contribution in [2.75, 3.05) is 33.5 Å². The molecule has 0 fully saturated rings. The second-order valence-corrected chi connectivity index (χ2v) is 13.5. The van der Waals surface area contributed by atoms with E-state index in [1.54, 1.807) is 73.7 Å². The van der Waals surface area contributed by atoms with Crippen LogP contribution in [0.25, 0.3) is 0 Å². The third kappa shape index (κ3) is 14.1. The van der Waals surface area contributed by atoms with Crippen molar-refractivity contribution in [1.82, 2.24) is 0 Å². The normalized spacial score (nSPS) is 14.6. The number of esters is 4. The van der Waals surface area contributed by atoms with Gasteiger partial charge in [-0.2, -0.15) is 0 Å². The van der Waals surface area contributed by atoms with Crippen LogP contribution >= 0.6 is 0 Å². The second kappa shape index (κ2) is 22.4. The highest BCUT2D eigenvalue weighted by Gasteiger charge is 2.26. The van der Waals surface area contributed by atoms with Gasteiger partial charge >= 0.3 is 23.9 Å². The van der Waals surface area contributed by atoms with Gasteiger partial charge in [-0.05, 0) is 125 Å². The maximum atomic E-state index is 13.0. The fourth-order valence-electron chi connectivity index (χ4n) is 5.53. The summed E-state index contributed by atoms with van der Waals surface area (Å²) in [5.74, 6) is -1.12. The molecule has 0 radical (unpaired) electrons. The molecule has 1 aliphatic rings. The Morgan fingerprint density at radius 1 is 0.729 bits per heavy atom. The lowest BCUT2D eigenvalue weighted by atomic mass is 9.93. The van der Waals surface area contributed by atoms with Crippen LogP contribution in [0.4, 0.5) is 5.69 Å². The van der Waals surface area contributed by atoms with Crippen molar-refractivity contribution >= 4 is 41.1 Å². The monoisotopic (exact) mass is 807 g/mol. The van der Waals surface area contributed by atoms with Gasteiger partial charge in [0.25, 0.3) is 0 Å². The Balaban J connectivity index is 1.33. The Hall–Kier alpha value is -6.60. The predicted molar refractivity (Wildman–Crippen MR) is 221 cm³/mol. The van der Waals surface area contributed by atoms with Gasteiger partial charge in [-0.15, -0.1) is 0 Å². The quantitative estimate of drug-likeness (QED) is 0.0239. The highest BCUT2D eigenvalue weighted by atomic mass is 16.6. The van der Waals surface area contributed by atoms with Gasteiger partial charge in [0, 0.05) is 30.0 Å². The number of aliphatic imine (C=N–C) groups is 1. The molecule has 13 heteroatoms. The Morgan fingerprint density at radius 3 is 1.97 bits per heavy atom.